The fourth-order valence-electron chi connectivity index (χ4n) is 4.81. The number of nitrogens with one attached hydrogen (secondary N) is 1. The van der Waals surface area contributed by atoms with E-state index < -0.39 is 15.7 Å². The van der Waals surface area contributed by atoms with E-state index in [0.717, 1.165) is 19.4 Å². The second kappa shape index (κ2) is 8.80. The number of carbonyl (C=O) groups excluding carboxylic acids is 1. The van der Waals surface area contributed by atoms with Crippen molar-refractivity contribution in [3.63, 3.8) is 0 Å². The summed E-state index contributed by atoms with van der Waals surface area (Å²) in [6.07, 6.45) is 3.05. The number of rotatable bonds is 5. The third kappa shape index (κ3) is 4.35. The van der Waals surface area contributed by atoms with Gasteiger partial charge in [-0.3, -0.25) is 10.1 Å². The first kappa shape index (κ1) is 23.3. The number of hydrogen-bond acceptors (Lipinski definition) is 5. The molecule has 1 aromatic rings. The fourth-order valence-corrected chi connectivity index (χ4v) is 6.64. The lowest BCUT2D eigenvalue weighted by Crippen LogP contribution is -2.60. The number of piperidine rings is 1. The molecule has 3 saturated heterocycles. The number of halogens is 2. The largest absolute Gasteiger partial charge is 0.376 e. The first-order chi connectivity index (χ1) is 14.6. The molecule has 0 saturated carbocycles. The van der Waals surface area contributed by atoms with Gasteiger partial charge in [-0.1, -0.05) is 37.0 Å². The zero-order valence-electron chi connectivity index (χ0n) is 17.8. The number of hydrogen-bond donors (Lipinski definition) is 1. The van der Waals surface area contributed by atoms with Gasteiger partial charge in [-0.05, 0) is 49.8 Å². The second-order valence-electron chi connectivity index (χ2n) is 8.96. The van der Waals surface area contributed by atoms with Gasteiger partial charge in [0.15, 0.2) is 0 Å². The van der Waals surface area contributed by atoms with Crippen LogP contribution in [0, 0.1) is 5.92 Å². The normalized spacial score (nSPS) is 27.0. The molecule has 3 fully saturated rings. The molecule has 7 nitrogen and oxygen atoms in total. The molecule has 10 heteroatoms. The van der Waals surface area contributed by atoms with Crippen molar-refractivity contribution in [3.05, 3.63) is 28.2 Å². The lowest BCUT2D eigenvalue weighted by atomic mass is 9.96. The quantitative estimate of drug-likeness (QED) is 0.687. The molecule has 1 aromatic carbocycles. The Balaban J connectivity index is 1.53. The van der Waals surface area contributed by atoms with E-state index in [0.29, 0.717) is 37.5 Å². The lowest BCUT2D eigenvalue weighted by molar-refractivity contribution is -0.135. The van der Waals surface area contributed by atoms with Gasteiger partial charge in [-0.25, -0.2) is 8.42 Å². The van der Waals surface area contributed by atoms with Crippen molar-refractivity contribution in [1.29, 1.82) is 0 Å². The van der Waals surface area contributed by atoms with E-state index in [1.165, 1.54) is 22.5 Å². The molecule has 0 unspecified atom stereocenters. The topological polar surface area (TPSA) is 79.0 Å². The highest BCUT2D eigenvalue weighted by Gasteiger charge is 2.53. The summed E-state index contributed by atoms with van der Waals surface area (Å²) in [5, 5.41) is 4.09. The van der Waals surface area contributed by atoms with Crippen molar-refractivity contribution in [1.82, 2.24) is 14.5 Å². The van der Waals surface area contributed by atoms with Gasteiger partial charge in [0.1, 0.15) is 0 Å². The number of sulfonamides is 1. The Kier molecular flexibility index (Phi) is 6.60. The third-order valence-corrected chi connectivity index (χ3v) is 9.26. The zero-order valence-corrected chi connectivity index (χ0v) is 20.1. The monoisotopic (exact) mass is 489 g/mol. The van der Waals surface area contributed by atoms with Gasteiger partial charge in [0.05, 0.1) is 32.7 Å². The van der Waals surface area contributed by atoms with Crippen LogP contribution in [0.5, 0.6) is 0 Å². The molecule has 0 aliphatic carbocycles. The maximum absolute atomic E-state index is 13.2. The van der Waals surface area contributed by atoms with Gasteiger partial charge in [0.25, 0.3) is 0 Å². The fraction of sp³-hybridized carbons (Fsp3) is 0.667. The molecule has 1 amide bonds. The van der Waals surface area contributed by atoms with E-state index in [4.69, 9.17) is 27.9 Å². The van der Waals surface area contributed by atoms with Crippen molar-refractivity contribution < 1.29 is 17.9 Å². The van der Waals surface area contributed by atoms with Gasteiger partial charge >= 0.3 is 0 Å². The molecule has 31 heavy (non-hydrogen) atoms. The summed E-state index contributed by atoms with van der Waals surface area (Å²) in [6, 6.07) is 4.10. The van der Waals surface area contributed by atoms with E-state index in [-0.39, 0.29) is 33.9 Å². The van der Waals surface area contributed by atoms with Gasteiger partial charge < -0.3 is 9.64 Å². The van der Waals surface area contributed by atoms with Crippen LogP contribution in [0.1, 0.15) is 39.5 Å². The number of ether oxygens (including phenoxy) is 1. The maximum Gasteiger partial charge on any atom is 0.243 e. The lowest BCUT2D eigenvalue weighted by Gasteiger charge is -2.44. The average molecular weight is 490 g/mol. The van der Waals surface area contributed by atoms with Gasteiger partial charge in [0.2, 0.25) is 15.9 Å². The van der Waals surface area contributed by atoms with Crippen LogP contribution in [-0.4, -0.2) is 67.6 Å². The smallest absolute Gasteiger partial charge is 0.243 e. The molecule has 3 aliphatic heterocycles. The first-order valence-corrected chi connectivity index (χ1v) is 13.0. The minimum Gasteiger partial charge on any atom is -0.376 e. The minimum absolute atomic E-state index is 0.0477. The molecule has 3 aliphatic rings. The van der Waals surface area contributed by atoms with Crippen LogP contribution in [0.2, 0.25) is 10.0 Å². The molecule has 1 spiro atoms. The van der Waals surface area contributed by atoms with Crippen LogP contribution >= 0.6 is 23.2 Å². The van der Waals surface area contributed by atoms with E-state index in [9.17, 15) is 13.2 Å². The second-order valence-corrected chi connectivity index (χ2v) is 11.7. The number of benzene rings is 1. The van der Waals surface area contributed by atoms with Crippen molar-refractivity contribution >= 4 is 39.1 Å². The highest BCUT2D eigenvalue weighted by Crippen LogP contribution is 2.37. The Morgan fingerprint density at radius 3 is 2.52 bits per heavy atom. The Labute approximate surface area is 194 Å². The highest BCUT2D eigenvalue weighted by atomic mass is 35.5. The van der Waals surface area contributed by atoms with Gasteiger partial charge in [-0.2, -0.15) is 4.31 Å². The van der Waals surface area contributed by atoms with Crippen molar-refractivity contribution in [2.24, 2.45) is 5.92 Å². The van der Waals surface area contributed by atoms with E-state index in [1.54, 1.807) is 0 Å². The summed E-state index contributed by atoms with van der Waals surface area (Å²) in [4.78, 5) is 15.3. The van der Waals surface area contributed by atoms with Gasteiger partial charge in [-0.15, -0.1) is 0 Å². The molecule has 0 bridgehead atoms. The maximum atomic E-state index is 13.2. The van der Waals surface area contributed by atoms with Crippen LogP contribution in [0.4, 0.5) is 0 Å². The molecule has 0 radical (unpaired) electrons. The van der Waals surface area contributed by atoms with E-state index in [1.807, 2.05) is 18.7 Å². The predicted molar refractivity (Wildman–Crippen MR) is 120 cm³/mol. The van der Waals surface area contributed by atoms with Crippen LogP contribution in [-0.2, 0) is 19.6 Å². The van der Waals surface area contributed by atoms with Crippen molar-refractivity contribution in [3.8, 4) is 0 Å². The third-order valence-electron chi connectivity index (χ3n) is 6.63. The summed E-state index contributed by atoms with van der Waals surface area (Å²) >= 11 is 12.0. The molecule has 0 aromatic heterocycles. The molecule has 3 heterocycles. The Morgan fingerprint density at radius 2 is 1.94 bits per heavy atom. The van der Waals surface area contributed by atoms with Crippen molar-refractivity contribution in [2.45, 2.75) is 62.2 Å². The summed E-state index contributed by atoms with van der Waals surface area (Å²) in [5.74, 6) is 0.239. The SMILES string of the molecule is CC(C)[C@@H]1NC2(CCN(S(=O)(=O)c3ccc(Cl)c(Cl)c3)CC2)N(C[C@@H]2CCCO2)C1=O. The Bertz CT molecular complexity index is 942. The number of amides is 1. The Hall–Kier alpha value is -0.900. The van der Waals surface area contributed by atoms with Crippen LogP contribution < -0.4 is 5.32 Å². The summed E-state index contributed by atoms with van der Waals surface area (Å²) < 4.78 is 33.6. The summed E-state index contributed by atoms with van der Waals surface area (Å²) in [7, 11) is -3.70. The first-order valence-electron chi connectivity index (χ1n) is 10.8. The number of carbonyl (C=O) groups is 1. The predicted octanol–water partition coefficient (Wildman–Crippen LogP) is 3.11. The zero-order chi connectivity index (χ0) is 22.4. The molecule has 172 valence electrons. The van der Waals surface area contributed by atoms with Gasteiger partial charge in [0, 0.05) is 26.2 Å². The molecular weight excluding hydrogens is 461 g/mol. The summed E-state index contributed by atoms with van der Waals surface area (Å²) in [5.41, 5.74) is -0.540. The molecule has 2 atom stereocenters. The average Bonchev–Trinajstić information content (AvgIpc) is 3.33. The van der Waals surface area contributed by atoms with Crippen molar-refractivity contribution in [2.75, 3.05) is 26.2 Å². The van der Waals surface area contributed by atoms with Crippen LogP contribution in [0.3, 0.4) is 0 Å². The molecular formula is C21H29Cl2N3O4S. The van der Waals surface area contributed by atoms with Crippen LogP contribution in [0.15, 0.2) is 23.1 Å². The van der Waals surface area contributed by atoms with E-state index >= 15 is 0 Å². The summed E-state index contributed by atoms with van der Waals surface area (Å²) in [6.45, 7) is 5.97. The Morgan fingerprint density at radius 1 is 1.23 bits per heavy atom. The highest BCUT2D eigenvalue weighted by molar-refractivity contribution is 7.89. The minimum atomic E-state index is -3.70. The molecule has 4 rings (SSSR count). The van der Waals surface area contributed by atoms with E-state index in [2.05, 4.69) is 5.32 Å². The number of nitrogens with zero attached hydrogens (tertiary/aromatic N) is 2. The van der Waals surface area contributed by atoms with Crippen LogP contribution in [0.25, 0.3) is 0 Å². The molecule has 1 N–H and O–H groups in total. The standard InChI is InChI=1S/C21H29Cl2N3O4S/c1-14(2)19-20(27)26(13-15-4-3-11-30-15)21(24-19)7-9-25(10-8-21)31(28,29)16-5-6-17(22)18(23)12-16/h5-6,12,14-15,19,24H,3-4,7-11,13H2,1-2H3/t15-,19-/m0/s1.